The van der Waals surface area contributed by atoms with Crippen LogP contribution >= 0.6 is 0 Å². The molecule has 1 heterocycles. The van der Waals surface area contributed by atoms with Gasteiger partial charge in [0.1, 0.15) is 12.6 Å². The van der Waals surface area contributed by atoms with Crippen molar-refractivity contribution in [3.05, 3.63) is 35.9 Å². The Balaban J connectivity index is 2.01. The third-order valence-electron chi connectivity index (χ3n) is 5.41. The summed E-state index contributed by atoms with van der Waals surface area (Å²) >= 11 is 0. The summed E-state index contributed by atoms with van der Waals surface area (Å²) in [6.45, 7) is 6.63. The van der Waals surface area contributed by atoms with Crippen molar-refractivity contribution in [2.75, 3.05) is 6.54 Å². The van der Waals surface area contributed by atoms with Gasteiger partial charge in [-0.2, -0.15) is 0 Å². The molecule has 1 fully saturated rings. The van der Waals surface area contributed by atoms with Crippen LogP contribution in [0.5, 0.6) is 0 Å². The first kappa shape index (κ1) is 21.2. The van der Waals surface area contributed by atoms with E-state index in [4.69, 9.17) is 4.74 Å². The summed E-state index contributed by atoms with van der Waals surface area (Å²) in [6.07, 6.45) is 1.91. The number of aliphatic hydroxyl groups is 1. The Morgan fingerprint density at radius 1 is 1.26 bits per heavy atom. The van der Waals surface area contributed by atoms with Crippen molar-refractivity contribution >= 4 is 12.0 Å². The summed E-state index contributed by atoms with van der Waals surface area (Å²) < 4.78 is 5.29. The number of alkyl carbamates (subject to hydrolysis) is 1. The zero-order chi connectivity index (χ0) is 19.8. The molecule has 0 bridgehead atoms. The number of carbonyl (C=O) groups excluding carboxylic acids is 2. The summed E-state index contributed by atoms with van der Waals surface area (Å²) in [5.41, 5.74) is 0.893. The van der Waals surface area contributed by atoms with Crippen LogP contribution in [-0.4, -0.2) is 46.7 Å². The minimum atomic E-state index is -0.650. The first-order chi connectivity index (χ1) is 13.0. The van der Waals surface area contributed by atoms with E-state index in [1.54, 1.807) is 4.90 Å². The highest BCUT2D eigenvalue weighted by Gasteiger charge is 2.38. The maximum Gasteiger partial charge on any atom is 0.408 e. The summed E-state index contributed by atoms with van der Waals surface area (Å²) in [6, 6.07) is 8.61. The van der Waals surface area contributed by atoms with E-state index in [9.17, 15) is 14.7 Å². The lowest BCUT2D eigenvalue weighted by Crippen LogP contribution is -2.54. The SMILES string of the molecule is CC[C@@H](O)[C@@H]1CCCN1C(=O)[C@@H](NC(=O)OCc1ccccc1)[C@@H](C)CC. The van der Waals surface area contributed by atoms with Crippen molar-refractivity contribution in [1.29, 1.82) is 0 Å². The molecule has 0 aliphatic carbocycles. The lowest BCUT2D eigenvalue weighted by Gasteiger charge is -2.33. The summed E-state index contributed by atoms with van der Waals surface area (Å²) in [7, 11) is 0. The number of ether oxygens (including phenoxy) is 1. The van der Waals surface area contributed by atoms with Crippen LogP contribution in [0.3, 0.4) is 0 Å². The second-order valence-electron chi connectivity index (χ2n) is 7.29. The number of hydrogen-bond donors (Lipinski definition) is 2. The van der Waals surface area contributed by atoms with Crippen molar-refractivity contribution in [1.82, 2.24) is 10.2 Å². The molecule has 150 valence electrons. The van der Waals surface area contributed by atoms with Crippen molar-refractivity contribution in [3.63, 3.8) is 0 Å². The standard InChI is InChI=1S/C21H32N2O4/c1-4-15(3)19(20(25)23-13-9-12-17(23)18(24)5-2)22-21(26)27-14-16-10-7-6-8-11-16/h6-8,10-11,15,17-19,24H,4-5,9,12-14H2,1-3H3,(H,22,26)/t15-,17-,18+,19-/m0/s1. The molecule has 0 aromatic heterocycles. The number of rotatable bonds is 8. The molecule has 1 aliphatic heterocycles. The average molecular weight is 376 g/mol. The summed E-state index contributed by atoms with van der Waals surface area (Å²) in [5.74, 6) is -0.155. The van der Waals surface area contributed by atoms with Crippen LogP contribution < -0.4 is 5.32 Å². The van der Waals surface area contributed by atoms with Gasteiger partial charge in [-0.15, -0.1) is 0 Å². The third kappa shape index (κ3) is 5.70. The number of carbonyl (C=O) groups is 2. The van der Waals surface area contributed by atoms with E-state index in [1.165, 1.54) is 0 Å². The maximum absolute atomic E-state index is 13.1. The highest BCUT2D eigenvalue weighted by atomic mass is 16.5. The Morgan fingerprint density at radius 2 is 1.96 bits per heavy atom. The molecule has 2 amide bonds. The molecule has 1 aliphatic rings. The molecule has 6 nitrogen and oxygen atoms in total. The van der Waals surface area contributed by atoms with E-state index in [0.717, 1.165) is 24.8 Å². The first-order valence-corrected chi connectivity index (χ1v) is 9.93. The van der Waals surface area contributed by atoms with Crippen LogP contribution in [-0.2, 0) is 16.1 Å². The molecule has 0 saturated carbocycles. The van der Waals surface area contributed by atoms with Crippen molar-refractivity contribution in [2.24, 2.45) is 5.92 Å². The smallest absolute Gasteiger partial charge is 0.408 e. The zero-order valence-corrected chi connectivity index (χ0v) is 16.6. The van der Waals surface area contributed by atoms with Crippen molar-refractivity contribution in [3.8, 4) is 0 Å². The first-order valence-electron chi connectivity index (χ1n) is 9.93. The van der Waals surface area contributed by atoms with E-state index in [-0.39, 0.29) is 24.5 Å². The fraction of sp³-hybridized carbons (Fsp3) is 0.619. The predicted molar refractivity (Wildman–Crippen MR) is 104 cm³/mol. The third-order valence-corrected chi connectivity index (χ3v) is 5.41. The number of likely N-dealkylation sites (tertiary alicyclic amines) is 1. The molecule has 4 atom stereocenters. The van der Waals surface area contributed by atoms with Crippen LogP contribution in [0.1, 0.15) is 52.0 Å². The molecule has 1 aromatic carbocycles. The molecule has 1 aromatic rings. The van der Waals surface area contributed by atoms with Gasteiger partial charge in [0, 0.05) is 6.54 Å². The van der Waals surface area contributed by atoms with E-state index in [2.05, 4.69) is 5.32 Å². The Labute approximate surface area is 161 Å². The molecule has 1 saturated heterocycles. The van der Waals surface area contributed by atoms with Crippen LogP contribution in [0.4, 0.5) is 4.79 Å². The number of nitrogens with one attached hydrogen (secondary N) is 1. The van der Waals surface area contributed by atoms with Gasteiger partial charge in [-0.1, -0.05) is 57.5 Å². The van der Waals surface area contributed by atoms with Gasteiger partial charge in [-0.25, -0.2) is 4.79 Å². The quantitative estimate of drug-likeness (QED) is 0.731. The van der Waals surface area contributed by atoms with Gasteiger partial charge < -0.3 is 20.1 Å². The van der Waals surface area contributed by atoms with Gasteiger partial charge in [0.15, 0.2) is 0 Å². The van der Waals surface area contributed by atoms with Gasteiger partial charge in [-0.05, 0) is 30.7 Å². The van der Waals surface area contributed by atoms with E-state index >= 15 is 0 Å². The fourth-order valence-electron chi connectivity index (χ4n) is 3.49. The average Bonchev–Trinajstić information content (AvgIpc) is 3.19. The number of hydrogen-bond acceptors (Lipinski definition) is 4. The van der Waals surface area contributed by atoms with Crippen molar-refractivity contribution in [2.45, 2.75) is 71.2 Å². The highest BCUT2D eigenvalue weighted by molar-refractivity contribution is 5.86. The second-order valence-corrected chi connectivity index (χ2v) is 7.29. The number of amides is 2. The zero-order valence-electron chi connectivity index (χ0n) is 16.6. The molecule has 0 radical (unpaired) electrons. The van der Waals surface area contributed by atoms with Crippen molar-refractivity contribution < 1.29 is 19.4 Å². The largest absolute Gasteiger partial charge is 0.445 e. The summed E-state index contributed by atoms with van der Waals surface area (Å²) in [4.78, 5) is 27.2. The Kier molecular flexibility index (Phi) is 8.10. The fourth-order valence-corrected chi connectivity index (χ4v) is 3.49. The Bertz CT molecular complexity index is 607. The molecule has 27 heavy (non-hydrogen) atoms. The molecule has 6 heteroatoms. The van der Waals surface area contributed by atoms with Gasteiger partial charge >= 0.3 is 6.09 Å². The Hall–Kier alpha value is -2.08. The molecule has 2 rings (SSSR count). The lowest BCUT2D eigenvalue weighted by atomic mass is 9.97. The minimum Gasteiger partial charge on any atom is -0.445 e. The maximum atomic E-state index is 13.1. The molecule has 0 spiro atoms. The molecule has 0 unspecified atom stereocenters. The van der Waals surface area contributed by atoms with Crippen LogP contribution in [0.25, 0.3) is 0 Å². The minimum absolute atomic E-state index is 0.0261. The number of aliphatic hydroxyl groups excluding tert-OH is 1. The van der Waals surface area contributed by atoms with Crippen LogP contribution in [0.2, 0.25) is 0 Å². The van der Waals surface area contributed by atoms with Crippen LogP contribution in [0, 0.1) is 5.92 Å². The second kappa shape index (κ2) is 10.3. The molecule has 2 N–H and O–H groups in total. The van der Waals surface area contributed by atoms with E-state index in [1.807, 2.05) is 51.1 Å². The topological polar surface area (TPSA) is 78.9 Å². The van der Waals surface area contributed by atoms with Gasteiger partial charge in [0.2, 0.25) is 5.91 Å². The number of benzene rings is 1. The Morgan fingerprint density at radius 3 is 2.59 bits per heavy atom. The highest BCUT2D eigenvalue weighted by Crippen LogP contribution is 2.24. The lowest BCUT2D eigenvalue weighted by molar-refractivity contribution is -0.137. The predicted octanol–water partition coefficient (Wildman–Crippen LogP) is 3.09. The molecular weight excluding hydrogens is 344 g/mol. The van der Waals surface area contributed by atoms with E-state index in [0.29, 0.717) is 13.0 Å². The summed E-state index contributed by atoms with van der Waals surface area (Å²) in [5, 5.41) is 13.0. The van der Waals surface area contributed by atoms with Crippen LogP contribution in [0.15, 0.2) is 30.3 Å². The van der Waals surface area contributed by atoms with E-state index < -0.39 is 18.2 Å². The molecular formula is C21H32N2O4. The van der Waals surface area contributed by atoms with Gasteiger partial charge in [0.25, 0.3) is 0 Å². The van der Waals surface area contributed by atoms with Gasteiger partial charge in [-0.3, -0.25) is 4.79 Å². The van der Waals surface area contributed by atoms with Gasteiger partial charge in [0.05, 0.1) is 12.1 Å². The number of nitrogens with zero attached hydrogens (tertiary/aromatic N) is 1. The normalized spacial score (nSPS) is 20.0. The monoisotopic (exact) mass is 376 g/mol.